The lowest BCUT2D eigenvalue weighted by molar-refractivity contribution is 0.680. The monoisotopic (exact) mass is 467 g/mol. The Kier molecular flexibility index (Phi) is 6.33. The van der Waals surface area contributed by atoms with Crippen molar-refractivity contribution in [2.45, 2.75) is 52.9 Å². The number of para-hydroxylation sites is 2. The molecule has 0 spiro atoms. The molecule has 0 aliphatic heterocycles. The van der Waals surface area contributed by atoms with Gasteiger partial charge < -0.3 is 14.9 Å². The van der Waals surface area contributed by atoms with Crippen molar-refractivity contribution < 1.29 is 0 Å². The first-order valence-corrected chi connectivity index (χ1v) is 12.9. The number of hydrogen-bond acceptors (Lipinski definition) is 3. The standard InChI is InChI=1S/C30H33N3O2/c1-4-7-16-33(17-8-5-2)28-25-24(31-23-15-10-9-13-20(23)30(25)35)18-22-27(28)32-26-19(6-3)12-11-14-21(26)29(22)34/h9-15,18H,4-8,16-17H2,1-3H3,(H,31,35)(H,32,34). The van der Waals surface area contributed by atoms with E-state index >= 15 is 0 Å². The number of unbranched alkanes of at least 4 members (excludes halogenated alkanes) is 2. The largest absolute Gasteiger partial charge is 0.369 e. The fraction of sp³-hybridized carbons (Fsp3) is 0.333. The number of rotatable bonds is 8. The second-order valence-electron chi connectivity index (χ2n) is 9.41. The molecule has 5 nitrogen and oxygen atoms in total. The van der Waals surface area contributed by atoms with Crippen molar-refractivity contribution in [3.63, 3.8) is 0 Å². The van der Waals surface area contributed by atoms with Gasteiger partial charge in [-0.15, -0.1) is 0 Å². The zero-order chi connectivity index (χ0) is 24.5. The van der Waals surface area contributed by atoms with Crippen LogP contribution >= 0.6 is 0 Å². The van der Waals surface area contributed by atoms with E-state index in [1.54, 1.807) is 0 Å². The van der Waals surface area contributed by atoms with Gasteiger partial charge in [0.05, 0.1) is 33.0 Å². The van der Waals surface area contributed by atoms with Gasteiger partial charge >= 0.3 is 0 Å². The Hall–Kier alpha value is -3.60. The van der Waals surface area contributed by atoms with E-state index in [4.69, 9.17) is 0 Å². The number of H-pyrrole nitrogens is 2. The molecule has 35 heavy (non-hydrogen) atoms. The summed E-state index contributed by atoms with van der Waals surface area (Å²) in [6, 6.07) is 15.4. The predicted molar refractivity (Wildman–Crippen MR) is 149 cm³/mol. The van der Waals surface area contributed by atoms with Gasteiger partial charge in [-0.2, -0.15) is 0 Å². The first-order chi connectivity index (χ1) is 17.1. The molecule has 0 amide bonds. The van der Waals surface area contributed by atoms with Crippen molar-refractivity contribution in [3.05, 3.63) is 74.5 Å². The maximum atomic E-state index is 13.9. The number of nitrogens with zero attached hydrogens (tertiary/aromatic N) is 1. The summed E-state index contributed by atoms with van der Waals surface area (Å²) >= 11 is 0. The molecule has 2 aromatic heterocycles. The number of hydrogen-bond donors (Lipinski definition) is 2. The van der Waals surface area contributed by atoms with Crippen molar-refractivity contribution in [2.75, 3.05) is 18.0 Å². The first kappa shape index (κ1) is 23.2. The van der Waals surface area contributed by atoms with Crippen LogP contribution in [0.1, 0.15) is 52.0 Å². The molecule has 0 radical (unpaired) electrons. The van der Waals surface area contributed by atoms with Crippen LogP contribution in [0.4, 0.5) is 5.69 Å². The highest BCUT2D eigenvalue weighted by atomic mass is 16.1. The highest BCUT2D eigenvalue weighted by Crippen LogP contribution is 2.34. The SMILES string of the molecule is CCCCN(CCCC)c1c2[nH]c3c(CC)cccc3c(=O)c2cc2[nH]c3ccccc3c(=O)c12. The Labute approximate surface area is 204 Å². The van der Waals surface area contributed by atoms with Crippen LogP contribution in [0.25, 0.3) is 43.6 Å². The van der Waals surface area contributed by atoms with Gasteiger partial charge in [0.25, 0.3) is 0 Å². The van der Waals surface area contributed by atoms with E-state index in [9.17, 15) is 9.59 Å². The molecule has 0 aliphatic rings. The minimum Gasteiger partial charge on any atom is -0.369 e. The fourth-order valence-electron chi connectivity index (χ4n) is 5.22. The lowest BCUT2D eigenvalue weighted by atomic mass is 10.00. The quantitative estimate of drug-likeness (QED) is 0.251. The Morgan fingerprint density at radius 3 is 2.14 bits per heavy atom. The number of aromatic amines is 2. The zero-order valence-corrected chi connectivity index (χ0v) is 20.8. The van der Waals surface area contributed by atoms with Crippen molar-refractivity contribution >= 4 is 49.3 Å². The molecule has 2 N–H and O–H groups in total. The smallest absolute Gasteiger partial charge is 0.199 e. The number of aromatic nitrogens is 2. The number of anilines is 1. The van der Waals surface area contributed by atoms with E-state index in [1.165, 1.54) is 0 Å². The van der Waals surface area contributed by atoms with Gasteiger partial charge in [0.1, 0.15) is 0 Å². The van der Waals surface area contributed by atoms with Gasteiger partial charge in [-0.1, -0.05) is 57.9 Å². The molecule has 2 heterocycles. The molecule has 3 aromatic carbocycles. The molecular formula is C30H33N3O2. The number of nitrogens with one attached hydrogen (secondary N) is 2. The normalized spacial score (nSPS) is 11.7. The van der Waals surface area contributed by atoms with Crippen LogP contribution in [0, 0.1) is 0 Å². The Balaban J connectivity index is 2.00. The molecule has 0 atom stereocenters. The maximum Gasteiger partial charge on any atom is 0.199 e. The van der Waals surface area contributed by atoms with Crippen LogP contribution in [0.2, 0.25) is 0 Å². The van der Waals surface area contributed by atoms with E-state index in [1.807, 2.05) is 42.5 Å². The highest BCUT2D eigenvalue weighted by molar-refractivity contribution is 6.13. The Bertz CT molecular complexity index is 1650. The van der Waals surface area contributed by atoms with Gasteiger partial charge in [0, 0.05) is 29.4 Å². The second kappa shape index (κ2) is 9.57. The Morgan fingerprint density at radius 1 is 0.714 bits per heavy atom. The first-order valence-electron chi connectivity index (χ1n) is 12.9. The number of aryl methyl sites for hydroxylation is 1. The van der Waals surface area contributed by atoms with Crippen LogP contribution in [0.15, 0.2) is 58.1 Å². The molecule has 0 unspecified atom stereocenters. The second-order valence-corrected chi connectivity index (χ2v) is 9.41. The van der Waals surface area contributed by atoms with E-state index in [-0.39, 0.29) is 10.9 Å². The molecule has 0 saturated carbocycles. The predicted octanol–water partition coefficient (Wildman–Crippen LogP) is 6.65. The van der Waals surface area contributed by atoms with E-state index in [0.717, 1.165) is 73.0 Å². The van der Waals surface area contributed by atoms with Gasteiger partial charge in [0.15, 0.2) is 10.9 Å². The van der Waals surface area contributed by atoms with Crippen LogP contribution in [-0.2, 0) is 6.42 Å². The summed E-state index contributed by atoms with van der Waals surface area (Å²) < 4.78 is 0. The summed E-state index contributed by atoms with van der Waals surface area (Å²) in [4.78, 5) is 37.2. The molecule has 0 aliphatic carbocycles. The summed E-state index contributed by atoms with van der Waals surface area (Å²) in [5, 5.41) is 2.65. The van der Waals surface area contributed by atoms with Crippen LogP contribution < -0.4 is 15.8 Å². The van der Waals surface area contributed by atoms with Crippen molar-refractivity contribution in [2.24, 2.45) is 0 Å². The molecule has 5 aromatic rings. The minimum atomic E-state index is 0.00661. The van der Waals surface area contributed by atoms with E-state index in [0.29, 0.717) is 27.1 Å². The van der Waals surface area contributed by atoms with Gasteiger partial charge in [-0.25, -0.2) is 0 Å². The third-order valence-electron chi connectivity index (χ3n) is 7.12. The highest BCUT2D eigenvalue weighted by Gasteiger charge is 2.21. The summed E-state index contributed by atoms with van der Waals surface area (Å²) in [6.07, 6.45) is 4.98. The molecular weight excluding hydrogens is 434 g/mol. The van der Waals surface area contributed by atoms with Crippen LogP contribution in [0.3, 0.4) is 0 Å². The molecule has 5 heteroatoms. The van der Waals surface area contributed by atoms with Crippen molar-refractivity contribution in [3.8, 4) is 0 Å². The summed E-state index contributed by atoms with van der Waals surface area (Å²) in [5.41, 5.74) is 5.12. The Morgan fingerprint density at radius 2 is 1.43 bits per heavy atom. The van der Waals surface area contributed by atoms with Crippen molar-refractivity contribution in [1.29, 1.82) is 0 Å². The minimum absolute atomic E-state index is 0.00661. The number of fused-ring (bicyclic) bond motifs is 4. The summed E-state index contributed by atoms with van der Waals surface area (Å²) in [5.74, 6) is 0. The summed E-state index contributed by atoms with van der Waals surface area (Å²) in [6.45, 7) is 8.15. The third kappa shape index (κ3) is 3.89. The molecule has 0 saturated heterocycles. The number of pyridine rings is 2. The van der Waals surface area contributed by atoms with Gasteiger partial charge in [-0.3, -0.25) is 9.59 Å². The van der Waals surface area contributed by atoms with E-state index in [2.05, 4.69) is 41.7 Å². The topological polar surface area (TPSA) is 69.0 Å². The van der Waals surface area contributed by atoms with Crippen LogP contribution in [0.5, 0.6) is 0 Å². The molecule has 5 rings (SSSR count). The maximum absolute atomic E-state index is 13.9. The molecule has 180 valence electrons. The van der Waals surface area contributed by atoms with Crippen LogP contribution in [-0.4, -0.2) is 23.1 Å². The third-order valence-corrected chi connectivity index (χ3v) is 7.12. The summed E-state index contributed by atoms with van der Waals surface area (Å²) in [7, 11) is 0. The zero-order valence-electron chi connectivity index (χ0n) is 20.8. The molecule has 0 fully saturated rings. The molecule has 0 bridgehead atoms. The van der Waals surface area contributed by atoms with Gasteiger partial charge in [-0.05, 0) is 49.1 Å². The lowest BCUT2D eigenvalue weighted by Gasteiger charge is -2.27. The number of benzene rings is 3. The van der Waals surface area contributed by atoms with E-state index < -0.39 is 0 Å². The average Bonchev–Trinajstić information content (AvgIpc) is 2.88. The van der Waals surface area contributed by atoms with Crippen molar-refractivity contribution in [1.82, 2.24) is 9.97 Å². The van der Waals surface area contributed by atoms with Gasteiger partial charge in [0.2, 0.25) is 0 Å². The lowest BCUT2D eigenvalue weighted by Crippen LogP contribution is -2.28. The fourth-order valence-corrected chi connectivity index (χ4v) is 5.22. The average molecular weight is 468 g/mol.